The zero-order chi connectivity index (χ0) is 13.8. The first-order chi connectivity index (χ1) is 9.83. The van der Waals surface area contributed by atoms with Gasteiger partial charge in [-0.25, -0.2) is 4.98 Å². The van der Waals surface area contributed by atoms with Gasteiger partial charge in [0.15, 0.2) is 5.78 Å². The second kappa shape index (κ2) is 5.53. The van der Waals surface area contributed by atoms with Gasteiger partial charge in [-0.05, 0) is 11.6 Å². The van der Waals surface area contributed by atoms with Crippen LogP contribution < -0.4 is 0 Å². The van der Waals surface area contributed by atoms with E-state index in [2.05, 4.69) is 4.98 Å². The van der Waals surface area contributed by atoms with E-state index >= 15 is 0 Å². The van der Waals surface area contributed by atoms with Gasteiger partial charge >= 0.3 is 0 Å². The van der Waals surface area contributed by atoms with Gasteiger partial charge in [0.05, 0.1) is 6.33 Å². The van der Waals surface area contributed by atoms with Crippen molar-refractivity contribution in [1.82, 2.24) is 9.55 Å². The van der Waals surface area contributed by atoms with Crippen molar-refractivity contribution in [2.75, 3.05) is 0 Å². The summed E-state index contributed by atoms with van der Waals surface area (Å²) < 4.78 is 1.98. The topological polar surface area (TPSA) is 34.9 Å². The Labute approximate surface area is 117 Å². The molecule has 1 aromatic heterocycles. The van der Waals surface area contributed by atoms with Crippen LogP contribution in [0.3, 0.4) is 0 Å². The summed E-state index contributed by atoms with van der Waals surface area (Å²) in [6, 6.07) is 17.1. The highest BCUT2D eigenvalue weighted by atomic mass is 16.1. The van der Waals surface area contributed by atoms with Gasteiger partial charge in [0.1, 0.15) is 0 Å². The molecule has 0 amide bonds. The monoisotopic (exact) mass is 262 g/mol. The Hall–Kier alpha value is -2.68. The van der Waals surface area contributed by atoms with Gasteiger partial charge in [0.25, 0.3) is 0 Å². The largest absolute Gasteiger partial charge is 0.333 e. The summed E-state index contributed by atoms with van der Waals surface area (Å²) in [6.07, 6.45) is 5.43. The van der Waals surface area contributed by atoms with Crippen LogP contribution >= 0.6 is 0 Å². The minimum absolute atomic E-state index is 0.0538. The second-order valence-corrected chi connectivity index (χ2v) is 4.63. The predicted octanol–water partition coefficient (Wildman–Crippen LogP) is 3.16. The molecule has 3 rings (SSSR count). The molecule has 3 nitrogen and oxygen atoms in total. The van der Waals surface area contributed by atoms with Crippen LogP contribution in [0.15, 0.2) is 73.3 Å². The summed E-state index contributed by atoms with van der Waals surface area (Å²) in [5.41, 5.74) is 2.52. The van der Waals surface area contributed by atoms with E-state index < -0.39 is 0 Å². The first kappa shape index (κ1) is 12.4. The zero-order valence-corrected chi connectivity index (χ0v) is 10.9. The molecule has 0 fully saturated rings. The van der Waals surface area contributed by atoms with Gasteiger partial charge in [-0.15, -0.1) is 0 Å². The Morgan fingerprint density at radius 2 is 1.80 bits per heavy atom. The first-order valence-corrected chi connectivity index (χ1v) is 6.47. The molecule has 0 radical (unpaired) electrons. The van der Waals surface area contributed by atoms with Crippen molar-refractivity contribution in [3.8, 4) is 0 Å². The highest BCUT2D eigenvalue weighted by Gasteiger charge is 2.08. The number of aromatic nitrogens is 2. The minimum Gasteiger partial charge on any atom is -0.333 e. The smallest absolute Gasteiger partial charge is 0.193 e. The Morgan fingerprint density at radius 1 is 1.00 bits per heavy atom. The molecule has 2 aromatic carbocycles. The van der Waals surface area contributed by atoms with Gasteiger partial charge < -0.3 is 4.57 Å². The summed E-state index contributed by atoms with van der Waals surface area (Å²) in [6.45, 7) is 0.718. The molecule has 0 unspecified atom stereocenters. The van der Waals surface area contributed by atoms with Gasteiger partial charge in [-0.2, -0.15) is 0 Å². The molecule has 0 aliphatic heterocycles. The van der Waals surface area contributed by atoms with Crippen LogP contribution in [-0.4, -0.2) is 15.3 Å². The van der Waals surface area contributed by atoms with Crippen LogP contribution in [0.2, 0.25) is 0 Å². The van der Waals surface area contributed by atoms with Crippen LogP contribution in [-0.2, 0) is 6.54 Å². The summed E-state index contributed by atoms with van der Waals surface area (Å²) in [5.74, 6) is 0.0538. The van der Waals surface area contributed by atoms with E-state index in [0.29, 0.717) is 11.1 Å². The maximum atomic E-state index is 12.4. The van der Waals surface area contributed by atoms with Crippen molar-refractivity contribution in [1.29, 1.82) is 0 Å². The molecule has 98 valence electrons. The lowest BCUT2D eigenvalue weighted by Crippen LogP contribution is -2.03. The van der Waals surface area contributed by atoms with Crippen LogP contribution in [0.25, 0.3) is 0 Å². The third-order valence-electron chi connectivity index (χ3n) is 3.15. The van der Waals surface area contributed by atoms with Gasteiger partial charge in [0, 0.05) is 30.1 Å². The van der Waals surface area contributed by atoms with Crippen molar-refractivity contribution in [3.05, 3.63) is 90.0 Å². The van der Waals surface area contributed by atoms with E-state index in [1.807, 2.05) is 65.4 Å². The number of rotatable bonds is 4. The number of hydrogen-bond donors (Lipinski definition) is 0. The first-order valence-electron chi connectivity index (χ1n) is 6.47. The Bertz CT molecular complexity index is 703. The van der Waals surface area contributed by atoms with E-state index in [1.54, 1.807) is 12.5 Å². The lowest BCUT2D eigenvalue weighted by molar-refractivity contribution is 0.103. The second-order valence-electron chi connectivity index (χ2n) is 4.63. The fourth-order valence-electron chi connectivity index (χ4n) is 2.16. The van der Waals surface area contributed by atoms with E-state index in [1.165, 1.54) is 0 Å². The maximum Gasteiger partial charge on any atom is 0.193 e. The molecule has 0 atom stereocenters. The Morgan fingerprint density at radius 3 is 2.55 bits per heavy atom. The fraction of sp³-hybridized carbons (Fsp3) is 0.0588. The van der Waals surface area contributed by atoms with E-state index in [0.717, 1.165) is 12.1 Å². The standard InChI is InChI=1S/C17H14N2O/c20-17(15-6-2-1-3-7-15)16-8-4-5-14(11-16)12-19-10-9-18-13-19/h1-11,13H,12H2. The molecular formula is C17H14N2O. The Kier molecular flexibility index (Phi) is 3.42. The average molecular weight is 262 g/mol. The number of nitrogens with zero attached hydrogens (tertiary/aromatic N) is 2. The summed E-state index contributed by atoms with van der Waals surface area (Å²) in [5, 5.41) is 0. The summed E-state index contributed by atoms with van der Waals surface area (Å²) in [4.78, 5) is 16.4. The normalized spacial score (nSPS) is 10.4. The molecule has 0 aliphatic carbocycles. The molecule has 0 N–H and O–H groups in total. The summed E-state index contributed by atoms with van der Waals surface area (Å²) >= 11 is 0. The minimum atomic E-state index is 0.0538. The highest BCUT2D eigenvalue weighted by Crippen LogP contribution is 2.12. The lowest BCUT2D eigenvalue weighted by atomic mass is 10.0. The van der Waals surface area contributed by atoms with Crippen molar-refractivity contribution in [2.24, 2.45) is 0 Å². The molecule has 0 saturated carbocycles. The number of carbonyl (C=O) groups excluding carboxylic acids is 1. The van der Waals surface area contributed by atoms with Crippen molar-refractivity contribution < 1.29 is 4.79 Å². The molecule has 0 aliphatic rings. The number of hydrogen-bond acceptors (Lipinski definition) is 2. The SMILES string of the molecule is O=C(c1ccccc1)c1cccc(Cn2ccnc2)c1. The van der Waals surface area contributed by atoms with Crippen LogP contribution in [0, 0.1) is 0 Å². The van der Waals surface area contributed by atoms with E-state index in [4.69, 9.17) is 0 Å². The molecular weight excluding hydrogens is 248 g/mol. The number of carbonyl (C=O) groups is 1. The van der Waals surface area contributed by atoms with Gasteiger partial charge in [0.2, 0.25) is 0 Å². The maximum absolute atomic E-state index is 12.4. The molecule has 0 spiro atoms. The van der Waals surface area contributed by atoms with Gasteiger partial charge in [-0.3, -0.25) is 4.79 Å². The molecule has 0 saturated heterocycles. The highest BCUT2D eigenvalue weighted by molar-refractivity contribution is 6.09. The molecule has 0 bridgehead atoms. The van der Waals surface area contributed by atoms with Crippen LogP contribution in [0.1, 0.15) is 21.5 Å². The van der Waals surface area contributed by atoms with Crippen molar-refractivity contribution >= 4 is 5.78 Å². The van der Waals surface area contributed by atoms with Crippen LogP contribution in [0.4, 0.5) is 0 Å². The van der Waals surface area contributed by atoms with Gasteiger partial charge in [-0.1, -0.05) is 48.5 Å². The number of imidazole rings is 1. The molecule has 1 heterocycles. The molecule has 3 aromatic rings. The van der Waals surface area contributed by atoms with E-state index in [-0.39, 0.29) is 5.78 Å². The zero-order valence-electron chi connectivity index (χ0n) is 10.9. The quantitative estimate of drug-likeness (QED) is 0.677. The average Bonchev–Trinajstić information content (AvgIpc) is 3.01. The fourth-order valence-corrected chi connectivity index (χ4v) is 2.16. The number of benzene rings is 2. The summed E-state index contributed by atoms with van der Waals surface area (Å²) in [7, 11) is 0. The van der Waals surface area contributed by atoms with Crippen LogP contribution in [0.5, 0.6) is 0 Å². The van der Waals surface area contributed by atoms with Crippen molar-refractivity contribution in [3.63, 3.8) is 0 Å². The molecule has 20 heavy (non-hydrogen) atoms. The third kappa shape index (κ3) is 2.67. The van der Waals surface area contributed by atoms with E-state index in [9.17, 15) is 4.79 Å². The number of ketones is 1. The van der Waals surface area contributed by atoms with Crippen molar-refractivity contribution in [2.45, 2.75) is 6.54 Å². The Balaban J connectivity index is 1.86. The molecule has 3 heteroatoms. The third-order valence-corrected chi connectivity index (χ3v) is 3.15. The lowest BCUT2D eigenvalue weighted by Gasteiger charge is -2.06. The predicted molar refractivity (Wildman–Crippen MR) is 77.6 cm³/mol.